The molecule has 1 amide bonds. The van der Waals surface area contributed by atoms with Gasteiger partial charge in [0.1, 0.15) is 11.3 Å². The molecule has 3 heterocycles. The quantitative estimate of drug-likeness (QED) is 0.879. The van der Waals surface area contributed by atoms with Crippen LogP contribution in [0.1, 0.15) is 23.7 Å². The highest BCUT2D eigenvalue weighted by molar-refractivity contribution is 5.94. The highest BCUT2D eigenvalue weighted by Crippen LogP contribution is 2.19. The van der Waals surface area contributed by atoms with Gasteiger partial charge in [-0.3, -0.25) is 9.59 Å². The van der Waals surface area contributed by atoms with E-state index in [1.165, 1.54) is 17.2 Å². The number of carbonyl (C=O) groups is 1. The van der Waals surface area contributed by atoms with Crippen LogP contribution in [0, 0.1) is 5.92 Å². The van der Waals surface area contributed by atoms with Crippen LogP contribution < -0.4 is 5.56 Å². The van der Waals surface area contributed by atoms with Gasteiger partial charge in [0.2, 0.25) is 0 Å². The molecule has 1 aliphatic heterocycles. The van der Waals surface area contributed by atoms with Gasteiger partial charge in [-0.25, -0.2) is 0 Å². The lowest BCUT2D eigenvalue weighted by Gasteiger charge is -2.34. The first-order chi connectivity index (χ1) is 10.6. The molecule has 0 bridgehead atoms. The SMILES string of the molecule is CC1CCN(C(=O)c2ccc(-c3ccco3)[nH]c2=O)CC1O. The number of carbonyl (C=O) groups excluding carboxylic acids is 1. The summed E-state index contributed by atoms with van der Waals surface area (Å²) in [7, 11) is 0. The zero-order chi connectivity index (χ0) is 15.7. The average Bonchev–Trinajstić information content (AvgIpc) is 3.03. The maximum absolute atomic E-state index is 12.4. The van der Waals surface area contributed by atoms with Crippen molar-refractivity contribution in [1.29, 1.82) is 0 Å². The number of nitrogens with one attached hydrogen (secondary N) is 1. The minimum Gasteiger partial charge on any atom is -0.463 e. The van der Waals surface area contributed by atoms with Crippen molar-refractivity contribution in [3.63, 3.8) is 0 Å². The van der Waals surface area contributed by atoms with Crippen LogP contribution in [0.3, 0.4) is 0 Å². The Hall–Kier alpha value is -2.34. The lowest BCUT2D eigenvalue weighted by atomic mass is 9.95. The summed E-state index contributed by atoms with van der Waals surface area (Å²) >= 11 is 0. The molecule has 2 aromatic heterocycles. The number of likely N-dealkylation sites (tertiary alicyclic amines) is 1. The summed E-state index contributed by atoms with van der Waals surface area (Å²) in [6, 6.07) is 6.61. The number of piperidine rings is 1. The minimum atomic E-state index is -0.542. The number of β-amino-alcohol motifs (C(OH)–C–C–N with tert-alkyl or cyclic N) is 1. The van der Waals surface area contributed by atoms with E-state index in [-0.39, 0.29) is 23.9 Å². The third-order valence-corrected chi connectivity index (χ3v) is 4.13. The second-order valence-corrected chi connectivity index (χ2v) is 5.68. The fourth-order valence-corrected chi connectivity index (χ4v) is 2.62. The molecule has 116 valence electrons. The summed E-state index contributed by atoms with van der Waals surface area (Å²) < 4.78 is 5.22. The molecule has 2 aromatic rings. The van der Waals surface area contributed by atoms with Gasteiger partial charge in [-0.05, 0) is 36.6 Å². The van der Waals surface area contributed by atoms with E-state index in [0.717, 1.165) is 6.42 Å². The van der Waals surface area contributed by atoms with E-state index in [9.17, 15) is 14.7 Å². The highest BCUT2D eigenvalue weighted by atomic mass is 16.3. The first kappa shape index (κ1) is 14.6. The molecule has 2 unspecified atom stereocenters. The molecular formula is C16H18N2O4. The van der Waals surface area contributed by atoms with E-state index in [1.54, 1.807) is 18.2 Å². The summed E-state index contributed by atoms with van der Waals surface area (Å²) in [5.74, 6) is 0.361. The molecule has 0 spiro atoms. The highest BCUT2D eigenvalue weighted by Gasteiger charge is 2.29. The molecule has 1 saturated heterocycles. The molecule has 0 aliphatic carbocycles. The van der Waals surface area contributed by atoms with Crippen molar-refractivity contribution in [3.8, 4) is 11.5 Å². The van der Waals surface area contributed by atoms with Gasteiger partial charge in [-0.15, -0.1) is 0 Å². The Morgan fingerprint density at radius 3 is 2.86 bits per heavy atom. The maximum Gasteiger partial charge on any atom is 0.261 e. The summed E-state index contributed by atoms with van der Waals surface area (Å²) in [6.45, 7) is 2.77. The van der Waals surface area contributed by atoms with Crippen molar-refractivity contribution in [2.24, 2.45) is 5.92 Å². The number of aromatic amines is 1. The molecule has 22 heavy (non-hydrogen) atoms. The van der Waals surface area contributed by atoms with Crippen molar-refractivity contribution in [2.75, 3.05) is 13.1 Å². The number of furan rings is 1. The molecule has 2 N–H and O–H groups in total. The van der Waals surface area contributed by atoms with Gasteiger partial charge in [0, 0.05) is 13.1 Å². The normalized spacial score (nSPS) is 21.8. The number of H-pyrrole nitrogens is 1. The fourth-order valence-electron chi connectivity index (χ4n) is 2.62. The molecule has 3 rings (SSSR count). The van der Waals surface area contributed by atoms with Crippen LogP contribution in [0.15, 0.2) is 39.7 Å². The third-order valence-electron chi connectivity index (χ3n) is 4.13. The molecule has 6 nitrogen and oxygen atoms in total. The molecule has 0 radical (unpaired) electrons. The monoisotopic (exact) mass is 302 g/mol. The number of aliphatic hydroxyl groups is 1. The Bertz CT molecular complexity index is 720. The lowest BCUT2D eigenvalue weighted by Crippen LogP contribution is -2.46. The van der Waals surface area contributed by atoms with E-state index in [1.807, 2.05) is 6.92 Å². The molecule has 0 aromatic carbocycles. The molecule has 1 fully saturated rings. The molecule has 1 aliphatic rings. The Morgan fingerprint density at radius 2 is 2.23 bits per heavy atom. The maximum atomic E-state index is 12.4. The summed E-state index contributed by atoms with van der Waals surface area (Å²) in [5.41, 5.74) is 0.155. The molecule has 6 heteroatoms. The summed E-state index contributed by atoms with van der Waals surface area (Å²) in [5, 5.41) is 9.89. The number of aliphatic hydroxyl groups excluding tert-OH is 1. The Morgan fingerprint density at radius 1 is 1.41 bits per heavy atom. The van der Waals surface area contributed by atoms with Gasteiger partial charge in [0.05, 0.1) is 18.1 Å². The predicted octanol–water partition coefficient (Wildman–Crippen LogP) is 1.48. The Kier molecular flexibility index (Phi) is 3.85. The lowest BCUT2D eigenvalue weighted by molar-refractivity contribution is 0.0247. The van der Waals surface area contributed by atoms with Gasteiger partial charge in [0.15, 0.2) is 0 Å². The van der Waals surface area contributed by atoms with Crippen molar-refractivity contribution in [1.82, 2.24) is 9.88 Å². The van der Waals surface area contributed by atoms with Crippen molar-refractivity contribution in [2.45, 2.75) is 19.4 Å². The van der Waals surface area contributed by atoms with Crippen LogP contribution in [0.2, 0.25) is 0 Å². The number of aromatic nitrogens is 1. The molecular weight excluding hydrogens is 284 g/mol. The van der Waals surface area contributed by atoms with Crippen LogP contribution in [-0.2, 0) is 0 Å². The topological polar surface area (TPSA) is 86.5 Å². The zero-order valence-electron chi connectivity index (χ0n) is 12.3. The van der Waals surface area contributed by atoms with Crippen LogP contribution in [0.25, 0.3) is 11.5 Å². The predicted molar refractivity (Wildman–Crippen MR) is 80.5 cm³/mol. The second-order valence-electron chi connectivity index (χ2n) is 5.68. The van der Waals surface area contributed by atoms with Gasteiger partial charge < -0.3 is 19.4 Å². The number of hydrogen-bond donors (Lipinski definition) is 2. The van der Waals surface area contributed by atoms with Gasteiger partial charge in [-0.2, -0.15) is 0 Å². The summed E-state index contributed by atoms with van der Waals surface area (Å²) in [6.07, 6.45) is 1.71. The van der Waals surface area contributed by atoms with E-state index in [0.29, 0.717) is 18.0 Å². The van der Waals surface area contributed by atoms with Crippen molar-refractivity contribution < 1.29 is 14.3 Å². The van der Waals surface area contributed by atoms with Crippen LogP contribution in [-0.4, -0.2) is 40.1 Å². The fraction of sp³-hybridized carbons (Fsp3) is 0.375. The first-order valence-corrected chi connectivity index (χ1v) is 7.31. The molecule has 0 saturated carbocycles. The number of pyridine rings is 1. The van der Waals surface area contributed by atoms with Crippen LogP contribution >= 0.6 is 0 Å². The van der Waals surface area contributed by atoms with E-state index in [2.05, 4.69) is 4.98 Å². The third kappa shape index (κ3) is 2.69. The van der Waals surface area contributed by atoms with Crippen molar-refractivity contribution in [3.05, 3.63) is 46.4 Å². The largest absolute Gasteiger partial charge is 0.463 e. The Balaban J connectivity index is 1.83. The minimum absolute atomic E-state index is 0.0806. The number of hydrogen-bond acceptors (Lipinski definition) is 4. The van der Waals surface area contributed by atoms with E-state index < -0.39 is 11.7 Å². The molecule has 2 atom stereocenters. The standard InChI is InChI=1S/C16H18N2O4/c1-10-6-7-18(9-13(10)19)16(21)11-4-5-12(17-15(11)20)14-3-2-8-22-14/h2-5,8,10,13,19H,6-7,9H2,1H3,(H,17,20). The zero-order valence-corrected chi connectivity index (χ0v) is 12.3. The van der Waals surface area contributed by atoms with Crippen LogP contribution in [0.4, 0.5) is 0 Å². The van der Waals surface area contributed by atoms with Crippen LogP contribution in [0.5, 0.6) is 0 Å². The smallest absolute Gasteiger partial charge is 0.261 e. The summed E-state index contributed by atoms with van der Waals surface area (Å²) in [4.78, 5) is 28.8. The Labute approximate surface area is 127 Å². The average molecular weight is 302 g/mol. The van der Waals surface area contributed by atoms with Gasteiger partial charge >= 0.3 is 0 Å². The number of nitrogens with zero attached hydrogens (tertiary/aromatic N) is 1. The van der Waals surface area contributed by atoms with E-state index >= 15 is 0 Å². The van der Waals surface area contributed by atoms with E-state index in [4.69, 9.17) is 4.42 Å². The van der Waals surface area contributed by atoms with Gasteiger partial charge in [-0.1, -0.05) is 6.92 Å². The first-order valence-electron chi connectivity index (χ1n) is 7.31. The van der Waals surface area contributed by atoms with Gasteiger partial charge in [0.25, 0.3) is 11.5 Å². The number of amides is 1. The number of rotatable bonds is 2. The van der Waals surface area contributed by atoms with Crippen molar-refractivity contribution >= 4 is 5.91 Å². The second kappa shape index (κ2) is 5.81.